The van der Waals surface area contributed by atoms with Crippen molar-refractivity contribution in [1.29, 1.82) is 0 Å². The number of benzene rings is 2. The molecule has 160 valence electrons. The van der Waals surface area contributed by atoms with E-state index in [0.717, 1.165) is 24.9 Å². The normalized spacial score (nSPS) is 24.4. The maximum absolute atomic E-state index is 13.9. The van der Waals surface area contributed by atoms with Gasteiger partial charge in [-0.15, -0.1) is 0 Å². The van der Waals surface area contributed by atoms with Crippen LogP contribution in [0.25, 0.3) is 0 Å². The second kappa shape index (κ2) is 9.06. The standard InChI is InChI=1S/C28H37NO/c1-19(2)25-14-9-15-26(20(3)4)27(25)28(30)22-16-23-12-8-13-24(17-22)29(23)18-21-10-6-5-7-11-21/h5-7,9-11,14-15,19-20,22-24H,8,12-13,16-18H2,1-4H3. The molecule has 4 rings (SSSR count). The first kappa shape index (κ1) is 21.3. The average molecular weight is 404 g/mol. The average Bonchev–Trinajstić information content (AvgIpc) is 2.73. The van der Waals surface area contributed by atoms with Crippen LogP contribution < -0.4 is 0 Å². The highest BCUT2D eigenvalue weighted by molar-refractivity contribution is 6.01. The lowest BCUT2D eigenvalue weighted by atomic mass is 9.73. The molecular weight excluding hydrogens is 366 g/mol. The number of piperidine rings is 2. The molecule has 2 nitrogen and oxygen atoms in total. The number of rotatable bonds is 6. The van der Waals surface area contributed by atoms with E-state index in [2.05, 4.69) is 81.1 Å². The van der Waals surface area contributed by atoms with E-state index in [0.29, 0.717) is 29.7 Å². The van der Waals surface area contributed by atoms with Gasteiger partial charge in [0.25, 0.3) is 0 Å². The van der Waals surface area contributed by atoms with Crippen molar-refractivity contribution in [1.82, 2.24) is 4.90 Å². The number of hydrogen-bond donors (Lipinski definition) is 0. The van der Waals surface area contributed by atoms with Crippen molar-refractivity contribution in [3.8, 4) is 0 Å². The van der Waals surface area contributed by atoms with Gasteiger partial charge in [0, 0.05) is 30.1 Å². The number of ketones is 1. The van der Waals surface area contributed by atoms with E-state index in [1.165, 1.54) is 36.0 Å². The molecule has 2 heteroatoms. The Morgan fingerprint density at radius 1 is 0.867 bits per heavy atom. The third kappa shape index (κ3) is 4.25. The van der Waals surface area contributed by atoms with Crippen molar-refractivity contribution in [2.45, 2.75) is 90.3 Å². The SMILES string of the molecule is CC(C)c1cccc(C(C)C)c1C(=O)C1CC2CCCC(C1)N2Cc1ccccc1. The molecule has 2 heterocycles. The Morgan fingerprint density at radius 2 is 1.43 bits per heavy atom. The Morgan fingerprint density at radius 3 is 1.97 bits per heavy atom. The molecule has 2 aromatic rings. The molecule has 0 N–H and O–H groups in total. The Hall–Kier alpha value is -1.93. The highest BCUT2D eigenvalue weighted by atomic mass is 16.1. The van der Waals surface area contributed by atoms with Gasteiger partial charge in [0.2, 0.25) is 0 Å². The van der Waals surface area contributed by atoms with E-state index >= 15 is 0 Å². The molecular formula is C28H37NO. The van der Waals surface area contributed by atoms with Crippen LogP contribution in [0.15, 0.2) is 48.5 Å². The van der Waals surface area contributed by atoms with Crippen molar-refractivity contribution in [3.05, 3.63) is 70.8 Å². The fourth-order valence-electron chi connectivity index (χ4n) is 5.78. The summed E-state index contributed by atoms with van der Waals surface area (Å²) in [5.74, 6) is 1.34. The van der Waals surface area contributed by atoms with Crippen molar-refractivity contribution in [2.24, 2.45) is 5.92 Å². The van der Waals surface area contributed by atoms with Gasteiger partial charge in [-0.3, -0.25) is 9.69 Å². The summed E-state index contributed by atoms with van der Waals surface area (Å²) in [6.45, 7) is 9.89. The van der Waals surface area contributed by atoms with Crippen LogP contribution in [0.5, 0.6) is 0 Å². The largest absolute Gasteiger partial charge is 0.294 e. The number of fused-ring (bicyclic) bond motifs is 2. The molecule has 0 saturated carbocycles. The zero-order chi connectivity index (χ0) is 21.3. The van der Waals surface area contributed by atoms with Gasteiger partial charge in [-0.05, 0) is 54.2 Å². The first-order chi connectivity index (χ1) is 14.5. The zero-order valence-electron chi connectivity index (χ0n) is 19.1. The molecule has 0 amide bonds. The highest BCUT2D eigenvalue weighted by Gasteiger charge is 2.41. The van der Waals surface area contributed by atoms with E-state index in [9.17, 15) is 4.79 Å². The molecule has 2 aliphatic heterocycles. The van der Waals surface area contributed by atoms with Crippen LogP contribution in [-0.2, 0) is 6.54 Å². The van der Waals surface area contributed by atoms with E-state index in [1.54, 1.807) is 0 Å². The van der Waals surface area contributed by atoms with E-state index in [4.69, 9.17) is 0 Å². The summed E-state index contributed by atoms with van der Waals surface area (Å²) >= 11 is 0. The topological polar surface area (TPSA) is 20.3 Å². The van der Waals surface area contributed by atoms with Gasteiger partial charge >= 0.3 is 0 Å². The number of nitrogens with zero attached hydrogens (tertiary/aromatic N) is 1. The third-order valence-electron chi connectivity index (χ3n) is 7.32. The minimum Gasteiger partial charge on any atom is -0.294 e. The lowest BCUT2D eigenvalue weighted by molar-refractivity contribution is 0.00899. The number of carbonyl (C=O) groups is 1. The monoisotopic (exact) mass is 403 g/mol. The molecule has 2 aliphatic rings. The minimum absolute atomic E-state index is 0.171. The lowest BCUT2D eigenvalue weighted by Gasteiger charge is -2.49. The fraction of sp³-hybridized carbons (Fsp3) is 0.536. The Kier molecular flexibility index (Phi) is 6.43. The minimum atomic E-state index is 0.171. The predicted octanol–water partition coefficient (Wildman–Crippen LogP) is 6.95. The third-order valence-corrected chi connectivity index (χ3v) is 7.32. The lowest BCUT2D eigenvalue weighted by Crippen LogP contribution is -2.52. The Bertz CT molecular complexity index is 829. The summed E-state index contributed by atoms with van der Waals surface area (Å²) < 4.78 is 0. The van der Waals surface area contributed by atoms with Gasteiger partial charge in [0.15, 0.2) is 5.78 Å². The second-order valence-corrected chi connectivity index (χ2v) is 10.0. The highest BCUT2D eigenvalue weighted by Crippen LogP contribution is 2.41. The number of hydrogen-bond acceptors (Lipinski definition) is 2. The predicted molar refractivity (Wildman–Crippen MR) is 125 cm³/mol. The van der Waals surface area contributed by atoms with Crippen molar-refractivity contribution < 1.29 is 4.79 Å². The molecule has 0 spiro atoms. The Labute approximate surface area is 182 Å². The van der Waals surface area contributed by atoms with Crippen LogP contribution in [0.1, 0.15) is 98.7 Å². The van der Waals surface area contributed by atoms with Gasteiger partial charge in [-0.1, -0.05) is 82.6 Å². The van der Waals surface area contributed by atoms with E-state index < -0.39 is 0 Å². The van der Waals surface area contributed by atoms with Crippen LogP contribution >= 0.6 is 0 Å². The smallest absolute Gasteiger partial charge is 0.166 e. The van der Waals surface area contributed by atoms with Crippen LogP contribution in [0, 0.1) is 5.92 Å². The molecule has 0 aliphatic carbocycles. The molecule has 2 aromatic carbocycles. The van der Waals surface area contributed by atoms with Gasteiger partial charge in [-0.25, -0.2) is 0 Å². The van der Waals surface area contributed by atoms with E-state index in [-0.39, 0.29) is 5.92 Å². The molecule has 2 bridgehead atoms. The summed E-state index contributed by atoms with van der Waals surface area (Å²) in [4.78, 5) is 16.6. The van der Waals surface area contributed by atoms with Gasteiger partial charge in [0.05, 0.1) is 0 Å². The summed E-state index contributed by atoms with van der Waals surface area (Å²) in [7, 11) is 0. The van der Waals surface area contributed by atoms with Crippen LogP contribution in [0.2, 0.25) is 0 Å². The molecule has 2 saturated heterocycles. The van der Waals surface area contributed by atoms with Crippen molar-refractivity contribution in [3.63, 3.8) is 0 Å². The first-order valence-electron chi connectivity index (χ1n) is 11.9. The maximum Gasteiger partial charge on any atom is 0.166 e. The molecule has 2 unspecified atom stereocenters. The van der Waals surface area contributed by atoms with E-state index in [1.807, 2.05) is 0 Å². The molecule has 0 aromatic heterocycles. The van der Waals surface area contributed by atoms with Crippen molar-refractivity contribution >= 4 is 5.78 Å². The maximum atomic E-state index is 13.9. The van der Waals surface area contributed by atoms with Gasteiger partial charge < -0.3 is 0 Å². The Balaban J connectivity index is 1.59. The summed E-state index contributed by atoms with van der Waals surface area (Å²) in [5.41, 5.74) is 4.92. The van der Waals surface area contributed by atoms with Crippen LogP contribution in [0.4, 0.5) is 0 Å². The molecule has 0 radical (unpaired) electrons. The van der Waals surface area contributed by atoms with Crippen LogP contribution in [0.3, 0.4) is 0 Å². The van der Waals surface area contributed by atoms with Gasteiger partial charge in [-0.2, -0.15) is 0 Å². The fourth-order valence-corrected chi connectivity index (χ4v) is 5.78. The summed E-state index contributed by atoms with van der Waals surface area (Å²) in [6.07, 6.45) is 5.81. The zero-order valence-corrected chi connectivity index (χ0v) is 19.1. The van der Waals surface area contributed by atoms with Crippen LogP contribution in [-0.4, -0.2) is 22.8 Å². The summed E-state index contributed by atoms with van der Waals surface area (Å²) in [6, 6.07) is 18.4. The second-order valence-electron chi connectivity index (χ2n) is 10.0. The molecule has 2 fully saturated rings. The first-order valence-corrected chi connectivity index (χ1v) is 11.9. The summed E-state index contributed by atoms with van der Waals surface area (Å²) in [5, 5.41) is 0. The quantitative estimate of drug-likeness (QED) is 0.486. The van der Waals surface area contributed by atoms with Crippen molar-refractivity contribution in [2.75, 3.05) is 0 Å². The number of Topliss-reactive ketones (excluding diaryl/α,β-unsaturated/α-hetero) is 1. The molecule has 2 atom stereocenters. The van der Waals surface area contributed by atoms with Gasteiger partial charge in [0.1, 0.15) is 0 Å². The number of carbonyl (C=O) groups excluding carboxylic acids is 1. The molecule has 30 heavy (non-hydrogen) atoms.